The second-order valence-electron chi connectivity index (χ2n) is 8.30. The fraction of sp³-hybridized carbons (Fsp3) is 0.250. The Labute approximate surface area is 200 Å². The third kappa shape index (κ3) is 7.67. The first-order valence-corrected chi connectivity index (χ1v) is 11.2. The first-order chi connectivity index (χ1) is 16.4. The van der Waals surface area contributed by atoms with Crippen LogP contribution in [-0.4, -0.2) is 17.5 Å². The van der Waals surface area contributed by atoms with Crippen molar-refractivity contribution in [2.45, 2.75) is 33.0 Å². The van der Waals surface area contributed by atoms with Gasteiger partial charge >= 0.3 is 5.97 Å². The molecule has 3 rings (SSSR count). The highest BCUT2D eigenvalue weighted by Crippen LogP contribution is 2.27. The summed E-state index contributed by atoms with van der Waals surface area (Å²) in [4.78, 5) is 23.1. The van der Waals surface area contributed by atoms with Crippen molar-refractivity contribution in [3.8, 4) is 0 Å². The van der Waals surface area contributed by atoms with E-state index in [1.807, 2.05) is 67.6 Å². The van der Waals surface area contributed by atoms with Gasteiger partial charge in [-0.05, 0) is 36.1 Å². The first kappa shape index (κ1) is 24.9. The van der Waals surface area contributed by atoms with Gasteiger partial charge in [0, 0.05) is 18.6 Å². The van der Waals surface area contributed by atoms with Crippen molar-refractivity contribution in [3.05, 3.63) is 123 Å². The molecular formula is C28H29NO5. The number of hydrogen-bond acceptors (Lipinski definition) is 5. The summed E-state index contributed by atoms with van der Waals surface area (Å²) >= 11 is 0. The van der Waals surface area contributed by atoms with Crippen LogP contribution in [0.2, 0.25) is 0 Å². The summed E-state index contributed by atoms with van der Waals surface area (Å²) in [6.45, 7) is 5.26. The third-order valence-electron chi connectivity index (χ3n) is 5.30. The van der Waals surface area contributed by atoms with Crippen molar-refractivity contribution in [1.29, 1.82) is 0 Å². The number of ether oxygens (including phenoxy) is 2. The van der Waals surface area contributed by atoms with E-state index in [1.165, 1.54) is 24.3 Å². The van der Waals surface area contributed by atoms with Crippen LogP contribution in [0.5, 0.6) is 0 Å². The molecular weight excluding hydrogens is 430 g/mol. The number of non-ortho nitro benzene ring substituents is 1. The predicted molar refractivity (Wildman–Crippen MR) is 131 cm³/mol. The summed E-state index contributed by atoms with van der Waals surface area (Å²) in [7, 11) is 0. The van der Waals surface area contributed by atoms with E-state index in [0.29, 0.717) is 19.6 Å². The fourth-order valence-electron chi connectivity index (χ4n) is 3.64. The van der Waals surface area contributed by atoms with E-state index in [9.17, 15) is 14.9 Å². The maximum absolute atomic E-state index is 12.8. The van der Waals surface area contributed by atoms with Crippen LogP contribution in [0.1, 0.15) is 47.9 Å². The lowest BCUT2D eigenvalue weighted by Gasteiger charge is -2.20. The molecule has 0 aliphatic carbocycles. The van der Waals surface area contributed by atoms with Gasteiger partial charge in [0.1, 0.15) is 6.10 Å². The maximum Gasteiger partial charge on any atom is 0.338 e. The van der Waals surface area contributed by atoms with E-state index in [2.05, 4.69) is 13.0 Å². The van der Waals surface area contributed by atoms with Gasteiger partial charge in [0.2, 0.25) is 0 Å². The molecule has 3 aromatic carbocycles. The molecule has 0 heterocycles. The van der Waals surface area contributed by atoms with Crippen molar-refractivity contribution in [3.63, 3.8) is 0 Å². The molecule has 0 fully saturated rings. The van der Waals surface area contributed by atoms with E-state index in [-0.39, 0.29) is 17.2 Å². The standard InChI is InChI=1S/C28H29NO5/c1-21(17-22(2)19-33-20-23-9-5-3-6-10-23)18-27(24-11-7-4-8-12-24)34-28(30)25-13-15-26(16-14-25)29(31)32/h3-17,22,27H,18-20H2,1-2H3/b21-17-/t22-,27-/m1/s1. The number of carbonyl (C=O) groups excluding carboxylic acids is 1. The van der Waals surface area contributed by atoms with Gasteiger partial charge in [-0.3, -0.25) is 10.1 Å². The topological polar surface area (TPSA) is 78.7 Å². The lowest BCUT2D eigenvalue weighted by Crippen LogP contribution is -2.13. The molecule has 0 saturated heterocycles. The van der Waals surface area contributed by atoms with Crippen LogP contribution in [0, 0.1) is 16.0 Å². The van der Waals surface area contributed by atoms with E-state index in [0.717, 1.165) is 16.7 Å². The van der Waals surface area contributed by atoms with Gasteiger partial charge in [-0.2, -0.15) is 0 Å². The third-order valence-corrected chi connectivity index (χ3v) is 5.30. The van der Waals surface area contributed by atoms with Crippen molar-refractivity contribution in [2.75, 3.05) is 6.61 Å². The molecule has 0 aliphatic heterocycles. The van der Waals surface area contributed by atoms with Crippen LogP contribution in [0.15, 0.2) is 96.6 Å². The molecule has 0 radical (unpaired) electrons. The van der Waals surface area contributed by atoms with Gasteiger partial charge in [-0.15, -0.1) is 0 Å². The molecule has 2 atom stereocenters. The quantitative estimate of drug-likeness (QED) is 0.138. The van der Waals surface area contributed by atoms with Crippen LogP contribution in [-0.2, 0) is 16.1 Å². The van der Waals surface area contributed by atoms with E-state index < -0.39 is 17.0 Å². The second kappa shape index (κ2) is 12.5. The Morgan fingerprint density at radius 2 is 1.59 bits per heavy atom. The van der Waals surface area contributed by atoms with Crippen LogP contribution in [0.25, 0.3) is 0 Å². The fourth-order valence-corrected chi connectivity index (χ4v) is 3.64. The van der Waals surface area contributed by atoms with Crippen LogP contribution >= 0.6 is 0 Å². The molecule has 176 valence electrons. The van der Waals surface area contributed by atoms with Crippen LogP contribution in [0.4, 0.5) is 5.69 Å². The average Bonchev–Trinajstić information content (AvgIpc) is 2.84. The van der Waals surface area contributed by atoms with Gasteiger partial charge in [0.25, 0.3) is 5.69 Å². The Kier molecular flexibility index (Phi) is 9.12. The van der Waals surface area contributed by atoms with E-state index in [4.69, 9.17) is 9.47 Å². The van der Waals surface area contributed by atoms with Crippen molar-refractivity contribution in [2.24, 2.45) is 5.92 Å². The monoisotopic (exact) mass is 459 g/mol. The van der Waals surface area contributed by atoms with Gasteiger partial charge in [-0.1, -0.05) is 79.2 Å². The molecule has 0 amide bonds. The Hall–Kier alpha value is -3.77. The number of benzene rings is 3. The van der Waals surface area contributed by atoms with Crippen LogP contribution in [0.3, 0.4) is 0 Å². The number of nitrogens with zero attached hydrogens (tertiary/aromatic N) is 1. The molecule has 6 nitrogen and oxygen atoms in total. The molecule has 0 aliphatic rings. The lowest BCUT2D eigenvalue weighted by molar-refractivity contribution is -0.384. The number of carbonyl (C=O) groups is 1. The number of esters is 1. The van der Waals surface area contributed by atoms with E-state index in [1.54, 1.807) is 0 Å². The minimum absolute atomic E-state index is 0.0709. The van der Waals surface area contributed by atoms with Gasteiger partial charge < -0.3 is 9.47 Å². The summed E-state index contributed by atoms with van der Waals surface area (Å²) in [6, 6.07) is 25.0. The molecule has 3 aromatic rings. The molecule has 0 N–H and O–H groups in total. The Morgan fingerprint density at radius 1 is 0.971 bits per heavy atom. The predicted octanol–water partition coefficient (Wildman–Crippen LogP) is 6.68. The van der Waals surface area contributed by atoms with Crippen molar-refractivity contribution in [1.82, 2.24) is 0 Å². The second-order valence-corrected chi connectivity index (χ2v) is 8.30. The normalized spacial score (nSPS) is 13.2. The zero-order valence-electron chi connectivity index (χ0n) is 19.4. The smallest absolute Gasteiger partial charge is 0.338 e. The maximum atomic E-state index is 12.8. The van der Waals surface area contributed by atoms with Crippen LogP contribution < -0.4 is 0 Å². The van der Waals surface area contributed by atoms with Gasteiger partial charge in [0.15, 0.2) is 0 Å². The largest absolute Gasteiger partial charge is 0.454 e. The van der Waals surface area contributed by atoms with Crippen molar-refractivity contribution < 1.29 is 19.2 Å². The molecule has 0 unspecified atom stereocenters. The number of rotatable bonds is 11. The SMILES string of the molecule is C/C(=C/[C@@H](C)COCc1ccccc1)C[C@@H](OC(=O)c1ccc([N+](=O)[O-])cc1)c1ccccc1. The van der Waals surface area contributed by atoms with Gasteiger partial charge in [-0.25, -0.2) is 4.79 Å². The summed E-state index contributed by atoms with van der Waals surface area (Å²) in [5.41, 5.74) is 3.31. The molecule has 0 aromatic heterocycles. The Morgan fingerprint density at radius 3 is 2.21 bits per heavy atom. The minimum atomic E-state index is -0.518. The van der Waals surface area contributed by atoms with Gasteiger partial charge in [0.05, 0.1) is 23.7 Å². The molecule has 0 spiro atoms. The highest BCUT2D eigenvalue weighted by Gasteiger charge is 2.19. The highest BCUT2D eigenvalue weighted by molar-refractivity contribution is 5.89. The zero-order valence-corrected chi connectivity index (χ0v) is 19.4. The molecule has 0 saturated carbocycles. The first-order valence-electron chi connectivity index (χ1n) is 11.2. The summed E-state index contributed by atoms with van der Waals surface area (Å²) in [5, 5.41) is 10.9. The minimum Gasteiger partial charge on any atom is -0.454 e. The zero-order chi connectivity index (χ0) is 24.3. The summed E-state index contributed by atoms with van der Waals surface area (Å²) < 4.78 is 11.7. The number of nitro groups is 1. The lowest BCUT2D eigenvalue weighted by atomic mass is 9.99. The average molecular weight is 460 g/mol. The molecule has 6 heteroatoms. The molecule has 0 bridgehead atoms. The highest BCUT2D eigenvalue weighted by atomic mass is 16.6. The molecule has 34 heavy (non-hydrogen) atoms. The Bertz CT molecular complexity index is 1090. The summed E-state index contributed by atoms with van der Waals surface area (Å²) in [5.74, 6) is -0.318. The Balaban J connectivity index is 1.63. The van der Waals surface area contributed by atoms with Crippen molar-refractivity contribution >= 4 is 11.7 Å². The summed E-state index contributed by atoms with van der Waals surface area (Å²) in [6.07, 6.45) is 2.20. The number of hydrogen-bond donors (Lipinski definition) is 0. The van der Waals surface area contributed by atoms with E-state index >= 15 is 0 Å². The number of nitro benzene ring substituents is 1.